The summed E-state index contributed by atoms with van der Waals surface area (Å²) < 4.78 is 11.6. The van der Waals surface area contributed by atoms with Crippen molar-refractivity contribution in [1.82, 2.24) is 5.32 Å². The van der Waals surface area contributed by atoms with Crippen LogP contribution in [0.3, 0.4) is 0 Å². The van der Waals surface area contributed by atoms with Gasteiger partial charge in [-0.1, -0.05) is 13.8 Å². The van der Waals surface area contributed by atoms with E-state index >= 15 is 0 Å². The Morgan fingerprint density at radius 1 is 1.33 bits per heavy atom. The van der Waals surface area contributed by atoms with E-state index in [1.54, 1.807) is 0 Å². The Kier molecular flexibility index (Phi) is 5.89. The molecule has 0 unspecified atom stereocenters. The molecule has 0 aliphatic rings. The molecule has 0 aliphatic carbocycles. The highest BCUT2D eigenvalue weighted by molar-refractivity contribution is 5.20. The Morgan fingerprint density at radius 3 is 2.67 bits per heavy atom. The predicted octanol–water partition coefficient (Wildman–Crippen LogP) is 3.79. The molecule has 0 atom stereocenters. The highest BCUT2D eigenvalue weighted by atomic mass is 16.5. The SMILES string of the molecule is CCCNCc1cc(COC(C)(C)CC)c(C)o1. The molecule has 0 saturated carbocycles. The lowest BCUT2D eigenvalue weighted by Crippen LogP contribution is -2.22. The van der Waals surface area contributed by atoms with Crippen LogP contribution in [0.1, 0.15) is 57.6 Å². The van der Waals surface area contributed by atoms with Crippen LogP contribution in [-0.2, 0) is 17.9 Å². The third-order valence-electron chi connectivity index (χ3n) is 3.27. The number of rotatable bonds is 8. The van der Waals surface area contributed by atoms with Crippen LogP contribution >= 0.6 is 0 Å². The maximum absolute atomic E-state index is 5.90. The lowest BCUT2D eigenvalue weighted by Gasteiger charge is -2.23. The number of nitrogens with one attached hydrogen (secondary N) is 1. The van der Waals surface area contributed by atoms with Crippen LogP contribution in [0, 0.1) is 6.92 Å². The molecule has 0 aromatic carbocycles. The third-order valence-corrected chi connectivity index (χ3v) is 3.27. The first-order chi connectivity index (χ1) is 8.48. The highest BCUT2D eigenvalue weighted by Crippen LogP contribution is 2.20. The summed E-state index contributed by atoms with van der Waals surface area (Å²) in [7, 11) is 0. The van der Waals surface area contributed by atoms with Crippen molar-refractivity contribution < 1.29 is 9.15 Å². The van der Waals surface area contributed by atoms with Gasteiger partial charge in [-0.25, -0.2) is 0 Å². The molecule has 0 saturated heterocycles. The molecule has 1 aromatic heterocycles. The largest absolute Gasteiger partial charge is 0.465 e. The maximum Gasteiger partial charge on any atom is 0.118 e. The zero-order valence-corrected chi connectivity index (χ0v) is 12.4. The number of aryl methyl sites for hydroxylation is 1. The summed E-state index contributed by atoms with van der Waals surface area (Å²) >= 11 is 0. The fourth-order valence-corrected chi connectivity index (χ4v) is 1.58. The van der Waals surface area contributed by atoms with Gasteiger partial charge in [-0.2, -0.15) is 0 Å². The summed E-state index contributed by atoms with van der Waals surface area (Å²) in [6.45, 7) is 13.0. The van der Waals surface area contributed by atoms with Gasteiger partial charge in [0.15, 0.2) is 0 Å². The molecule has 0 spiro atoms. The van der Waals surface area contributed by atoms with Gasteiger partial charge in [-0.15, -0.1) is 0 Å². The van der Waals surface area contributed by atoms with E-state index in [4.69, 9.17) is 9.15 Å². The summed E-state index contributed by atoms with van der Waals surface area (Å²) in [5.74, 6) is 1.96. The number of hydrogen-bond donors (Lipinski definition) is 1. The van der Waals surface area contributed by atoms with Gasteiger partial charge >= 0.3 is 0 Å². The van der Waals surface area contributed by atoms with Crippen molar-refractivity contribution >= 4 is 0 Å². The first kappa shape index (κ1) is 15.3. The van der Waals surface area contributed by atoms with Crippen LogP contribution in [0.25, 0.3) is 0 Å². The van der Waals surface area contributed by atoms with Gasteiger partial charge in [0.25, 0.3) is 0 Å². The first-order valence-corrected chi connectivity index (χ1v) is 6.91. The zero-order chi connectivity index (χ0) is 13.6. The molecule has 1 aromatic rings. The average Bonchev–Trinajstić information content (AvgIpc) is 2.68. The summed E-state index contributed by atoms with van der Waals surface area (Å²) in [6, 6.07) is 2.10. The molecule has 0 bridgehead atoms. The van der Waals surface area contributed by atoms with Crippen molar-refractivity contribution in [1.29, 1.82) is 0 Å². The predicted molar refractivity (Wildman–Crippen MR) is 74.6 cm³/mol. The average molecular weight is 253 g/mol. The summed E-state index contributed by atoms with van der Waals surface area (Å²) in [6.07, 6.45) is 2.15. The Hall–Kier alpha value is -0.800. The lowest BCUT2D eigenvalue weighted by molar-refractivity contribution is -0.0320. The van der Waals surface area contributed by atoms with Gasteiger partial charge in [0.1, 0.15) is 11.5 Å². The minimum Gasteiger partial charge on any atom is -0.465 e. The smallest absolute Gasteiger partial charge is 0.118 e. The van der Waals surface area contributed by atoms with Crippen molar-refractivity contribution in [3.05, 3.63) is 23.2 Å². The first-order valence-electron chi connectivity index (χ1n) is 6.91. The molecule has 1 rings (SSSR count). The van der Waals surface area contributed by atoms with Crippen molar-refractivity contribution in [2.45, 2.75) is 66.2 Å². The summed E-state index contributed by atoms with van der Waals surface area (Å²) in [5.41, 5.74) is 1.09. The number of ether oxygens (including phenoxy) is 1. The Balaban J connectivity index is 2.51. The van der Waals surface area contributed by atoms with Gasteiger partial charge < -0.3 is 14.5 Å². The molecule has 1 N–H and O–H groups in total. The van der Waals surface area contributed by atoms with Crippen LogP contribution < -0.4 is 5.32 Å². The minimum atomic E-state index is -0.0651. The molecular weight excluding hydrogens is 226 g/mol. The normalized spacial score (nSPS) is 12.1. The molecule has 0 radical (unpaired) electrons. The topological polar surface area (TPSA) is 34.4 Å². The second-order valence-corrected chi connectivity index (χ2v) is 5.37. The third kappa shape index (κ3) is 4.83. The molecule has 0 aliphatic heterocycles. The van der Waals surface area contributed by atoms with E-state index < -0.39 is 0 Å². The van der Waals surface area contributed by atoms with E-state index in [9.17, 15) is 0 Å². The van der Waals surface area contributed by atoms with Gasteiger partial charge in [0.2, 0.25) is 0 Å². The van der Waals surface area contributed by atoms with E-state index in [1.807, 2.05) is 6.92 Å². The Bertz CT molecular complexity index is 355. The van der Waals surface area contributed by atoms with Gasteiger partial charge in [0, 0.05) is 5.56 Å². The second kappa shape index (κ2) is 6.95. The fourth-order valence-electron chi connectivity index (χ4n) is 1.58. The standard InChI is InChI=1S/C15H27NO2/c1-6-8-16-10-14-9-13(12(3)18-14)11-17-15(4,5)7-2/h9,16H,6-8,10-11H2,1-5H3. The molecule has 104 valence electrons. The van der Waals surface area contributed by atoms with Crippen LogP contribution in [0.2, 0.25) is 0 Å². The van der Waals surface area contributed by atoms with Gasteiger partial charge in [-0.05, 0) is 46.2 Å². The van der Waals surface area contributed by atoms with Gasteiger partial charge in [0.05, 0.1) is 18.8 Å². The molecule has 0 fully saturated rings. The summed E-state index contributed by atoms with van der Waals surface area (Å²) in [5, 5.41) is 3.34. The van der Waals surface area contributed by atoms with E-state index in [2.05, 4.69) is 39.1 Å². The Morgan fingerprint density at radius 2 is 2.06 bits per heavy atom. The number of hydrogen-bond acceptors (Lipinski definition) is 3. The number of furan rings is 1. The lowest BCUT2D eigenvalue weighted by atomic mass is 10.1. The fraction of sp³-hybridized carbons (Fsp3) is 0.733. The molecule has 1 heterocycles. The van der Waals surface area contributed by atoms with Crippen molar-refractivity contribution in [2.75, 3.05) is 6.54 Å². The molecule has 3 heteroatoms. The van der Waals surface area contributed by atoms with E-state index in [0.29, 0.717) is 6.61 Å². The zero-order valence-electron chi connectivity index (χ0n) is 12.4. The minimum absolute atomic E-state index is 0.0651. The van der Waals surface area contributed by atoms with Crippen molar-refractivity contribution in [2.24, 2.45) is 0 Å². The highest BCUT2D eigenvalue weighted by Gasteiger charge is 2.17. The van der Waals surface area contributed by atoms with E-state index in [-0.39, 0.29) is 5.60 Å². The quantitative estimate of drug-likeness (QED) is 0.716. The molecule has 3 nitrogen and oxygen atoms in total. The summed E-state index contributed by atoms with van der Waals surface area (Å²) in [4.78, 5) is 0. The monoisotopic (exact) mass is 253 g/mol. The van der Waals surface area contributed by atoms with Crippen molar-refractivity contribution in [3.8, 4) is 0 Å². The van der Waals surface area contributed by atoms with E-state index in [1.165, 1.54) is 0 Å². The van der Waals surface area contributed by atoms with Crippen LogP contribution in [0.15, 0.2) is 10.5 Å². The Labute approximate surface area is 111 Å². The van der Waals surface area contributed by atoms with Crippen LogP contribution in [0.4, 0.5) is 0 Å². The van der Waals surface area contributed by atoms with Crippen LogP contribution in [-0.4, -0.2) is 12.1 Å². The molecule has 18 heavy (non-hydrogen) atoms. The maximum atomic E-state index is 5.90. The van der Waals surface area contributed by atoms with E-state index in [0.717, 1.165) is 43.0 Å². The van der Waals surface area contributed by atoms with Crippen LogP contribution in [0.5, 0.6) is 0 Å². The molecule has 0 amide bonds. The van der Waals surface area contributed by atoms with Gasteiger partial charge in [-0.3, -0.25) is 0 Å². The van der Waals surface area contributed by atoms with Crippen molar-refractivity contribution in [3.63, 3.8) is 0 Å². The second-order valence-electron chi connectivity index (χ2n) is 5.37. The molecular formula is C15H27NO2.